The molecule has 0 unspecified atom stereocenters. The number of allylic oxidation sites excluding steroid dienone is 13. The average molecular weight is 607 g/mol. The van der Waals surface area contributed by atoms with Gasteiger partial charge in [0.2, 0.25) is 0 Å². The molecule has 0 spiro atoms. The van der Waals surface area contributed by atoms with Gasteiger partial charge in [-0.1, -0.05) is 118 Å². The van der Waals surface area contributed by atoms with Gasteiger partial charge < -0.3 is 9.80 Å². The molecule has 3 aliphatic rings. The highest BCUT2D eigenvalue weighted by Crippen LogP contribution is 2.45. The first-order valence-electron chi connectivity index (χ1n) is 17.0. The van der Waals surface area contributed by atoms with Gasteiger partial charge in [0.25, 0.3) is 0 Å². The molecule has 2 aliphatic heterocycles. The number of nitrogens with zero attached hydrogens (tertiary/aromatic N) is 2. The fourth-order valence-electron chi connectivity index (χ4n) is 6.58. The van der Waals surface area contributed by atoms with Crippen LogP contribution in [0.3, 0.4) is 0 Å². The summed E-state index contributed by atoms with van der Waals surface area (Å²) in [6.45, 7) is 21.1. The van der Waals surface area contributed by atoms with Crippen molar-refractivity contribution in [3.05, 3.63) is 168 Å². The predicted molar refractivity (Wildman–Crippen MR) is 202 cm³/mol. The highest BCUT2D eigenvalue weighted by atomic mass is 15.2. The maximum Gasteiger partial charge on any atom is 0.0499 e. The molecule has 46 heavy (non-hydrogen) atoms. The van der Waals surface area contributed by atoms with Gasteiger partial charge in [-0.15, -0.1) is 0 Å². The minimum absolute atomic E-state index is 0.761. The Morgan fingerprint density at radius 3 is 2.50 bits per heavy atom. The van der Waals surface area contributed by atoms with Crippen molar-refractivity contribution in [3.63, 3.8) is 0 Å². The highest BCUT2D eigenvalue weighted by molar-refractivity contribution is 5.86. The quantitative estimate of drug-likeness (QED) is 0.267. The molecule has 1 aliphatic carbocycles. The van der Waals surface area contributed by atoms with Crippen LogP contribution >= 0.6 is 0 Å². The number of fused-ring (bicyclic) bond motifs is 3. The third-order valence-electron chi connectivity index (χ3n) is 9.04. The van der Waals surface area contributed by atoms with Crippen LogP contribution in [-0.2, 0) is 6.42 Å². The van der Waals surface area contributed by atoms with Gasteiger partial charge >= 0.3 is 0 Å². The molecule has 2 aromatic carbocycles. The molecule has 0 saturated heterocycles. The Labute approximate surface area is 278 Å². The summed E-state index contributed by atoms with van der Waals surface area (Å²) in [6.07, 6.45) is 32.6. The van der Waals surface area contributed by atoms with Crippen LogP contribution in [-0.4, -0.2) is 6.54 Å². The van der Waals surface area contributed by atoms with E-state index in [4.69, 9.17) is 0 Å². The summed E-state index contributed by atoms with van der Waals surface area (Å²) < 4.78 is 0. The molecule has 0 atom stereocenters. The monoisotopic (exact) mass is 606 g/mol. The third-order valence-corrected chi connectivity index (χ3v) is 9.04. The molecule has 0 saturated carbocycles. The van der Waals surface area contributed by atoms with Crippen molar-refractivity contribution >= 4 is 11.4 Å². The van der Waals surface area contributed by atoms with Gasteiger partial charge in [0.1, 0.15) is 0 Å². The zero-order chi connectivity index (χ0) is 32.5. The molecule has 2 aromatic rings. The molecule has 0 fully saturated rings. The Bertz CT molecular complexity index is 1700. The Morgan fingerprint density at radius 2 is 1.67 bits per heavy atom. The van der Waals surface area contributed by atoms with E-state index in [1.807, 2.05) is 0 Å². The summed E-state index contributed by atoms with van der Waals surface area (Å²) in [6, 6.07) is 13.6. The van der Waals surface area contributed by atoms with Crippen molar-refractivity contribution in [1.29, 1.82) is 0 Å². The zero-order valence-electron chi connectivity index (χ0n) is 28.2. The second-order valence-electron chi connectivity index (χ2n) is 12.5. The minimum atomic E-state index is 0.761. The van der Waals surface area contributed by atoms with E-state index in [1.54, 1.807) is 0 Å². The van der Waals surface area contributed by atoms with Crippen molar-refractivity contribution in [2.75, 3.05) is 16.3 Å². The van der Waals surface area contributed by atoms with E-state index < -0.39 is 0 Å². The molecule has 5 rings (SSSR count). The van der Waals surface area contributed by atoms with Gasteiger partial charge in [-0.2, -0.15) is 0 Å². The second kappa shape index (κ2) is 15.6. The van der Waals surface area contributed by atoms with Crippen LogP contribution in [0.5, 0.6) is 0 Å². The first-order valence-corrected chi connectivity index (χ1v) is 17.0. The zero-order valence-corrected chi connectivity index (χ0v) is 28.2. The number of rotatable bonds is 5. The molecule has 0 aromatic heterocycles. The first-order chi connectivity index (χ1) is 22.4. The summed E-state index contributed by atoms with van der Waals surface area (Å²) in [5.74, 6) is 0. The summed E-state index contributed by atoms with van der Waals surface area (Å²) in [5, 5.41) is 0. The van der Waals surface area contributed by atoms with Crippen LogP contribution in [0, 0.1) is 0 Å². The molecule has 236 valence electrons. The molecular weight excluding hydrogens is 556 g/mol. The van der Waals surface area contributed by atoms with Gasteiger partial charge in [0, 0.05) is 47.9 Å². The lowest BCUT2D eigenvalue weighted by atomic mass is 10.0. The lowest BCUT2D eigenvalue weighted by molar-refractivity contribution is 0.955. The molecule has 2 heteroatoms. The standard InChI is InChI=1S/C44H50N2/c1-7-9-19-38-21-13-11-10-12-16-28-45(35(5)30-38)40-27-26-39-31-43-41(42(39)32-40)22-17-23-44(43)46-34(4)24-25-37(8-2)20-15-14-18-33(3)29-36(46)6/h9-12,16-20,22-27,30,32H,4-8,13-15,21,28-29,31H2,1-3H3/b11-10-,16-12-,19-9-,25-24-,33-18-,37-20-,38-30+. The first kappa shape index (κ1) is 32.8. The molecule has 2 heterocycles. The number of hydrogen-bond donors (Lipinski definition) is 0. The summed E-state index contributed by atoms with van der Waals surface area (Å²) in [7, 11) is 0. The average Bonchev–Trinajstić information content (AvgIpc) is 3.41. The maximum atomic E-state index is 4.60. The Hall–Kier alpha value is -4.56. The molecule has 0 amide bonds. The normalized spacial score (nSPS) is 23.5. The van der Waals surface area contributed by atoms with Crippen LogP contribution in [0.2, 0.25) is 0 Å². The van der Waals surface area contributed by atoms with Gasteiger partial charge in [-0.05, 0) is 104 Å². The lowest BCUT2D eigenvalue weighted by Crippen LogP contribution is -2.21. The number of benzene rings is 2. The minimum Gasteiger partial charge on any atom is -0.338 e. The lowest BCUT2D eigenvalue weighted by Gasteiger charge is -2.30. The van der Waals surface area contributed by atoms with E-state index in [0.717, 1.165) is 80.7 Å². The second-order valence-corrected chi connectivity index (χ2v) is 12.5. The van der Waals surface area contributed by atoms with Gasteiger partial charge in [0.05, 0.1) is 0 Å². The van der Waals surface area contributed by atoms with Crippen molar-refractivity contribution in [2.45, 2.75) is 72.1 Å². The Balaban J connectivity index is 1.53. The summed E-state index contributed by atoms with van der Waals surface area (Å²) in [5.41, 5.74) is 14.6. The summed E-state index contributed by atoms with van der Waals surface area (Å²) >= 11 is 0. The van der Waals surface area contributed by atoms with Gasteiger partial charge in [0.15, 0.2) is 0 Å². The van der Waals surface area contributed by atoms with E-state index in [-0.39, 0.29) is 0 Å². The SMILES string of the molecule is C=C1/C=C(\C=C/CC)CC/C=C\C=C/CN1c1ccc2c(c1)-c1cccc(N3C(=C)/C=C\C(CC)=C/CC/C=C(/C)CC3=C)c1C2. The van der Waals surface area contributed by atoms with Crippen LogP contribution in [0.15, 0.2) is 157 Å². The maximum absolute atomic E-state index is 4.60. The van der Waals surface area contributed by atoms with E-state index in [9.17, 15) is 0 Å². The van der Waals surface area contributed by atoms with Gasteiger partial charge in [-0.25, -0.2) is 0 Å². The Kier molecular flexibility index (Phi) is 11.2. The van der Waals surface area contributed by atoms with Crippen LogP contribution < -0.4 is 9.80 Å². The van der Waals surface area contributed by atoms with Crippen molar-refractivity contribution in [2.24, 2.45) is 0 Å². The van der Waals surface area contributed by atoms with Gasteiger partial charge in [-0.3, -0.25) is 0 Å². The van der Waals surface area contributed by atoms with Crippen LogP contribution in [0.25, 0.3) is 11.1 Å². The molecule has 0 N–H and O–H groups in total. The predicted octanol–water partition coefficient (Wildman–Crippen LogP) is 12.2. The third kappa shape index (κ3) is 7.80. The molecule has 2 nitrogen and oxygen atoms in total. The largest absolute Gasteiger partial charge is 0.338 e. The van der Waals surface area contributed by atoms with E-state index in [0.29, 0.717) is 0 Å². The Morgan fingerprint density at radius 1 is 0.848 bits per heavy atom. The van der Waals surface area contributed by atoms with Crippen molar-refractivity contribution in [3.8, 4) is 11.1 Å². The van der Waals surface area contributed by atoms with Crippen LogP contribution in [0.1, 0.15) is 76.8 Å². The fourth-order valence-corrected chi connectivity index (χ4v) is 6.58. The number of hydrogen-bond acceptors (Lipinski definition) is 2. The number of anilines is 2. The van der Waals surface area contributed by atoms with E-state index >= 15 is 0 Å². The van der Waals surface area contributed by atoms with Crippen molar-refractivity contribution in [1.82, 2.24) is 0 Å². The summed E-state index contributed by atoms with van der Waals surface area (Å²) in [4.78, 5) is 4.62. The topological polar surface area (TPSA) is 6.48 Å². The fraction of sp³-hybridized carbons (Fsp3) is 0.273. The van der Waals surface area contributed by atoms with E-state index in [1.165, 1.54) is 44.7 Å². The van der Waals surface area contributed by atoms with Crippen LogP contribution in [0.4, 0.5) is 11.4 Å². The van der Waals surface area contributed by atoms with Crippen molar-refractivity contribution < 1.29 is 0 Å². The van der Waals surface area contributed by atoms with E-state index in [2.05, 4.69) is 154 Å². The molecule has 0 radical (unpaired) electrons. The highest BCUT2D eigenvalue weighted by Gasteiger charge is 2.26. The molecule has 0 bridgehead atoms. The molecular formula is C44H50N2. The smallest absolute Gasteiger partial charge is 0.0499 e.